The van der Waals surface area contributed by atoms with Gasteiger partial charge in [-0.15, -0.1) is 0 Å². The molecule has 202 valence electrons. The molecule has 3 aromatic carbocycles. The van der Waals surface area contributed by atoms with Crippen molar-refractivity contribution in [3.8, 4) is 28.0 Å². The highest BCUT2D eigenvalue weighted by atomic mass is 32.2. The highest BCUT2D eigenvalue weighted by molar-refractivity contribution is 7.95. The Morgan fingerprint density at radius 1 is 0.737 bits per heavy atom. The van der Waals surface area contributed by atoms with Crippen molar-refractivity contribution in [3.63, 3.8) is 0 Å². The summed E-state index contributed by atoms with van der Waals surface area (Å²) in [6.45, 7) is 0. The van der Waals surface area contributed by atoms with Crippen LogP contribution >= 0.6 is 12.0 Å². The van der Waals surface area contributed by atoms with Gasteiger partial charge in [0.15, 0.2) is 5.75 Å². The molecule has 1 aromatic heterocycles. The van der Waals surface area contributed by atoms with Crippen LogP contribution in [0, 0.1) is 0 Å². The second-order valence-corrected chi connectivity index (χ2v) is 8.49. The van der Waals surface area contributed by atoms with E-state index in [2.05, 4.69) is 9.17 Å². The topological polar surface area (TPSA) is 42.4 Å². The fourth-order valence-corrected chi connectivity index (χ4v) is 3.87. The van der Waals surface area contributed by atoms with Gasteiger partial charge in [0.25, 0.3) is 5.50 Å². The Labute approximate surface area is 216 Å². The number of aliphatic hydroxyl groups excluding tert-OH is 1. The van der Waals surface area contributed by atoms with E-state index in [4.69, 9.17) is 5.11 Å². The van der Waals surface area contributed by atoms with Gasteiger partial charge in [-0.1, -0.05) is 60.7 Å². The van der Waals surface area contributed by atoms with Crippen LogP contribution < -0.4 is 4.18 Å². The van der Waals surface area contributed by atoms with Gasteiger partial charge >= 0.3 is 18.0 Å². The van der Waals surface area contributed by atoms with Crippen LogP contribution in [0.15, 0.2) is 85.1 Å². The van der Waals surface area contributed by atoms with Crippen molar-refractivity contribution < 1.29 is 44.4 Å². The average Bonchev–Trinajstić information content (AvgIpc) is 2.92. The summed E-state index contributed by atoms with van der Waals surface area (Å²) in [5.41, 5.74) is 0.101. The van der Waals surface area contributed by atoms with Crippen LogP contribution in [0.2, 0.25) is 0 Å². The van der Waals surface area contributed by atoms with E-state index >= 15 is 0 Å². The largest absolute Gasteiger partial charge is 0.460 e. The first-order valence-electron chi connectivity index (χ1n) is 10.7. The molecule has 1 unspecified atom stereocenters. The number of nitrogens with zero attached hydrogens (tertiary/aromatic N) is 1. The Kier molecular flexibility index (Phi) is 8.88. The average molecular weight is 561 g/mol. The van der Waals surface area contributed by atoms with Crippen molar-refractivity contribution in [3.05, 3.63) is 85.1 Å². The molecular weight excluding hydrogens is 542 g/mol. The highest BCUT2D eigenvalue weighted by Gasteiger charge is 2.76. The van der Waals surface area contributed by atoms with Crippen molar-refractivity contribution >= 4 is 22.9 Å². The Hall–Kier alpha value is -3.38. The van der Waals surface area contributed by atoms with Gasteiger partial charge in [0, 0.05) is 12.5 Å². The van der Waals surface area contributed by atoms with E-state index in [1.165, 1.54) is 6.07 Å². The Morgan fingerprint density at radius 3 is 1.84 bits per heavy atom. The molecule has 0 bridgehead atoms. The molecule has 1 atom stereocenters. The molecule has 0 fully saturated rings. The summed E-state index contributed by atoms with van der Waals surface area (Å²) in [7, 11) is 1.00. The Balaban J connectivity index is 0.00000195. The fourth-order valence-electron chi connectivity index (χ4n) is 3.31. The molecule has 0 aliphatic heterocycles. The van der Waals surface area contributed by atoms with Crippen LogP contribution in [0.3, 0.4) is 0 Å². The lowest BCUT2D eigenvalue weighted by atomic mass is 9.99. The number of pyridine rings is 1. The molecule has 3 nitrogen and oxygen atoms in total. The lowest BCUT2D eigenvalue weighted by Gasteiger charge is -2.29. The standard InChI is InChI=1S/C25H15F8NOS.CH4O/c26-22(23(27,28)24(29,30)25(31,32)33)36-35-20-13-19-12-18(10-11-21(19)34-14-20)17-8-6-16(7-9-17)15-4-2-1-3-5-15;1-2/h1-14,22H;2H,1H3. The molecule has 0 saturated heterocycles. The van der Waals surface area contributed by atoms with Crippen LogP contribution in [0.25, 0.3) is 33.2 Å². The number of hydrogen-bond acceptors (Lipinski definition) is 4. The van der Waals surface area contributed by atoms with Gasteiger partial charge in [-0.3, -0.25) is 4.98 Å². The third-order valence-electron chi connectivity index (χ3n) is 5.27. The quantitative estimate of drug-likeness (QED) is 0.182. The van der Waals surface area contributed by atoms with E-state index in [0.29, 0.717) is 10.9 Å². The molecule has 0 saturated carbocycles. The number of aromatic nitrogens is 1. The number of alkyl halides is 8. The minimum atomic E-state index is -6.64. The van der Waals surface area contributed by atoms with Gasteiger partial charge in [-0.2, -0.15) is 30.7 Å². The third-order valence-corrected chi connectivity index (χ3v) is 6.02. The van der Waals surface area contributed by atoms with Gasteiger partial charge in [0.1, 0.15) is 12.0 Å². The van der Waals surface area contributed by atoms with Gasteiger partial charge in [0.2, 0.25) is 0 Å². The van der Waals surface area contributed by atoms with E-state index in [9.17, 15) is 35.1 Å². The molecule has 38 heavy (non-hydrogen) atoms. The summed E-state index contributed by atoms with van der Waals surface area (Å²) in [6.07, 6.45) is -5.63. The molecule has 1 N–H and O–H groups in total. The van der Waals surface area contributed by atoms with Gasteiger partial charge in [0.05, 0.1) is 11.7 Å². The van der Waals surface area contributed by atoms with Crippen molar-refractivity contribution in [2.75, 3.05) is 7.11 Å². The summed E-state index contributed by atoms with van der Waals surface area (Å²) in [5.74, 6) is -12.9. The Bertz CT molecular complexity index is 1350. The molecule has 1 heterocycles. The normalized spacial score (nSPS) is 13.0. The molecule has 0 aliphatic carbocycles. The molecule has 0 amide bonds. The maximum atomic E-state index is 13.7. The Morgan fingerprint density at radius 2 is 1.26 bits per heavy atom. The van der Waals surface area contributed by atoms with E-state index in [-0.39, 0.29) is 5.75 Å². The van der Waals surface area contributed by atoms with E-state index < -0.39 is 35.6 Å². The van der Waals surface area contributed by atoms with E-state index in [1.807, 2.05) is 54.6 Å². The number of fused-ring (bicyclic) bond motifs is 1. The van der Waals surface area contributed by atoms with Crippen molar-refractivity contribution in [1.29, 1.82) is 0 Å². The van der Waals surface area contributed by atoms with Crippen LogP contribution in [0.5, 0.6) is 5.75 Å². The second-order valence-electron chi connectivity index (χ2n) is 7.71. The van der Waals surface area contributed by atoms with Crippen molar-refractivity contribution in [1.82, 2.24) is 4.98 Å². The van der Waals surface area contributed by atoms with Crippen LogP contribution in [0.4, 0.5) is 35.1 Å². The number of aliphatic hydroxyl groups is 1. The van der Waals surface area contributed by atoms with E-state index in [1.54, 1.807) is 18.2 Å². The first kappa shape index (κ1) is 29.2. The van der Waals surface area contributed by atoms with E-state index in [0.717, 1.165) is 35.6 Å². The predicted octanol–water partition coefficient (Wildman–Crippen LogP) is 8.33. The molecule has 12 heteroatoms. The third kappa shape index (κ3) is 6.02. The zero-order chi connectivity index (χ0) is 28.1. The summed E-state index contributed by atoms with van der Waals surface area (Å²) < 4.78 is 108. The lowest BCUT2D eigenvalue weighted by molar-refractivity contribution is -0.359. The summed E-state index contributed by atoms with van der Waals surface area (Å²) in [4.78, 5) is 4.02. The minimum absolute atomic E-state index is 0.308. The molecule has 0 aliphatic rings. The summed E-state index contributed by atoms with van der Waals surface area (Å²) in [6, 6.07) is 23.8. The zero-order valence-corrected chi connectivity index (χ0v) is 20.2. The fraction of sp³-hybridized carbons (Fsp3) is 0.192. The smallest absolute Gasteiger partial charge is 0.421 e. The molecule has 0 radical (unpaired) electrons. The molecule has 4 rings (SSSR count). The molecular formula is C26H19F8NO2S. The number of rotatable bonds is 7. The zero-order valence-electron chi connectivity index (χ0n) is 19.4. The monoisotopic (exact) mass is 561 g/mol. The SMILES string of the molecule is CO.FC(SOc1cnc2ccc(-c3ccc(-c4ccccc4)cc3)cc2c1)C(F)(F)C(F)(F)C(F)(F)F. The first-order valence-corrected chi connectivity index (χ1v) is 11.5. The van der Waals surface area contributed by atoms with Crippen molar-refractivity contribution in [2.45, 2.75) is 23.5 Å². The summed E-state index contributed by atoms with van der Waals surface area (Å²) >= 11 is -0.849. The number of benzene rings is 3. The van der Waals surface area contributed by atoms with Crippen LogP contribution in [0.1, 0.15) is 0 Å². The lowest BCUT2D eigenvalue weighted by Crippen LogP contribution is -2.56. The van der Waals surface area contributed by atoms with Crippen molar-refractivity contribution in [2.24, 2.45) is 0 Å². The summed E-state index contributed by atoms with van der Waals surface area (Å²) in [5, 5.41) is 7.44. The second kappa shape index (κ2) is 11.6. The number of hydrogen-bond donors (Lipinski definition) is 1. The van der Waals surface area contributed by atoms with Gasteiger partial charge in [-0.25, -0.2) is 4.39 Å². The predicted molar refractivity (Wildman–Crippen MR) is 130 cm³/mol. The highest BCUT2D eigenvalue weighted by Crippen LogP contribution is 2.51. The van der Waals surface area contributed by atoms with Gasteiger partial charge in [-0.05, 0) is 40.5 Å². The van der Waals surface area contributed by atoms with Gasteiger partial charge < -0.3 is 9.29 Å². The number of halogens is 8. The van der Waals surface area contributed by atoms with Crippen LogP contribution in [-0.2, 0) is 0 Å². The molecule has 0 spiro atoms. The van der Waals surface area contributed by atoms with Crippen LogP contribution in [-0.4, -0.2) is 40.7 Å². The maximum Gasteiger partial charge on any atom is 0.460 e. The first-order chi connectivity index (χ1) is 17.9. The molecule has 4 aromatic rings. The maximum absolute atomic E-state index is 13.7. The minimum Gasteiger partial charge on any atom is -0.421 e.